The minimum absolute atomic E-state index is 0.0158. The molecule has 0 N–H and O–H groups in total. The van der Waals surface area contributed by atoms with Gasteiger partial charge in [0.2, 0.25) is 5.91 Å². The number of esters is 1. The Morgan fingerprint density at radius 1 is 1.13 bits per heavy atom. The molecule has 0 aliphatic carbocycles. The number of allylic oxidation sites excluding steroid dienone is 1. The van der Waals surface area contributed by atoms with Crippen molar-refractivity contribution in [2.24, 2.45) is 4.99 Å². The number of carbonyl (C=O) groups is 2. The highest BCUT2D eigenvalue weighted by atomic mass is 32.2. The summed E-state index contributed by atoms with van der Waals surface area (Å²) in [6, 6.07) is 17.1. The van der Waals surface area contributed by atoms with Gasteiger partial charge in [0.15, 0.2) is 5.17 Å². The number of fused-ring (bicyclic) bond motifs is 1. The van der Waals surface area contributed by atoms with Crippen LogP contribution in [0.4, 0.5) is 0 Å². The lowest BCUT2D eigenvalue weighted by Crippen LogP contribution is -2.45. The van der Waals surface area contributed by atoms with Crippen molar-refractivity contribution < 1.29 is 14.3 Å². The molecule has 1 saturated heterocycles. The molecule has 2 aliphatic heterocycles. The standard InChI is InChI=1S/C24H24N2O3S/c1-3-17-9-11-19(12-10-17)22-21(23(28)29-15-18-7-5-4-6-8-18)16(2)25-24-26(22)20(27)13-14-30-24/h4-12,22H,3,13-15H2,1-2H3. The zero-order valence-electron chi connectivity index (χ0n) is 17.1. The van der Waals surface area contributed by atoms with Gasteiger partial charge in [0.05, 0.1) is 17.3 Å². The van der Waals surface area contributed by atoms with Crippen LogP contribution in [-0.4, -0.2) is 27.7 Å². The summed E-state index contributed by atoms with van der Waals surface area (Å²) in [6.45, 7) is 4.09. The molecule has 0 radical (unpaired) electrons. The fourth-order valence-corrected chi connectivity index (χ4v) is 4.72. The Morgan fingerprint density at radius 2 is 1.87 bits per heavy atom. The van der Waals surface area contributed by atoms with Crippen LogP contribution in [0.25, 0.3) is 0 Å². The van der Waals surface area contributed by atoms with Crippen molar-refractivity contribution >= 4 is 28.8 Å². The Labute approximate surface area is 180 Å². The summed E-state index contributed by atoms with van der Waals surface area (Å²) in [6.07, 6.45) is 1.36. The Morgan fingerprint density at radius 3 is 2.57 bits per heavy atom. The molecule has 0 aromatic heterocycles. The average Bonchev–Trinajstić information content (AvgIpc) is 2.77. The minimum atomic E-state index is -0.521. The molecular weight excluding hydrogens is 396 g/mol. The van der Waals surface area contributed by atoms with Crippen LogP contribution in [0.1, 0.15) is 43.0 Å². The van der Waals surface area contributed by atoms with Crippen LogP contribution in [0, 0.1) is 0 Å². The lowest BCUT2D eigenvalue weighted by Gasteiger charge is -2.39. The van der Waals surface area contributed by atoms with Crippen molar-refractivity contribution in [3.8, 4) is 0 Å². The first-order valence-corrected chi connectivity index (χ1v) is 11.1. The number of amides is 1. The fourth-order valence-electron chi connectivity index (χ4n) is 3.71. The second-order valence-corrected chi connectivity index (χ2v) is 8.38. The zero-order chi connectivity index (χ0) is 21.1. The number of rotatable bonds is 5. The quantitative estimate of drug-likeness (QED) is 0.661. The molecule has 1 unspecified atom stereocenters. The van der Waals surface area contributed by atoms with E-state index in [-0.39, 0.29) is 12.5 Å². The van der Waals surface area contributed by atoms with Crippen LogP contribution < -0.4 is 0 Å². The Bertz CT molecular complexity index is 1010. The third-order valence-corrected chi connectivity index (χ3v) is 6.30. The second-order valence-electron chi connectivity index (χ2n) is 7.32. The smallest absolute Gasteiger partial charge is 0.338 e. The monoisotopic (exact) mass is 420 g/mol. The van der Waals surface area contributed by atoms with Gasteiger partial charge >= 0.3 is 5.97 Å². The van der Waals surface area contributed by atoms with Gasteiger partial charge in [-0.05, 0) is 30.0 Å². The maximum absolute atomic E-state index is 13.2. The molecule has 154 valence electrons. The highest BCUT2D eigenvalue weighted by Gasteiger charge is 2.41. The van der Waals surface area contributed by atoms with Crippen LogP contribution in [-0.2, 0) is 27.4 Å². The zero-order valence-corrected chi connectivity index (χ0v) is 17.9. The van der Waals surface area contributed by atoms with E-state index in [1.54, 1.807) is 16.7 Å². The third-order valence-electron chi connectivity index (χ3n) is 5.34. The van der Waals surface area contributed by atoms with E-state index in [9.17, 15) is 9.59 Å². The van der Waals surface area contributed by atoms with Crippen LogP contribution in [0.5, 0.6) is 0 Å². The summed E-state index contributed by atoms with van der Waals surface area (Å²) in [7, 11) is 0. The van der Waals surface area contributed by atoms with Crippen LogP contribution >= 0.6 is 11.8 Å². The number of ether oxygens (including phenoxy) is 1. The predicted molar refractivity (Wildman–Crippen MR) is 119 cm³/mol. The van der Waals surface area contributed by atoms with Crippen molar-refractivity contribution in [2.75, 3.05) is 5.75 Å². The van der Waals surface area contributed by atoms with Gasteiger partial charge in [-0.15, -0.1) is 0 Å². The van der Waals surface area contributed by atoms with E-state index in [1.165, 1.54) is 5.56 Å². The van der Waals surface area contributed by atoms with E-state index in [0.717, 1.165) is 17.5 Å². The van der Waals surface area contributed by atoms with Gasteiger partial charge in [-0.25, -0.2) is 9.79 Å². The first-order valence-electron chi connectivity index (χ1n) is 10.1. The van der Waals surface area contributed by atoms with E-state index < -0.39 is 12.0 Å². The summed E-state index contributed by atoms with van der Waals surface area (Å²) in [4.78, 5) is 32.3. The van der Waals surface area contributed by atoms with E-state index in [0.29, 0.717) is 28.6 Å². The molecule has 0 saturated carbocycles. The van der Waals surface area contributed by atoms with E-state index >= 15 is 0 Å². The minimum Gasteiger partial charge on any atom is -0.457 e. The maximum atomic E-state index is 13.2. The Balaban J connectivity index is 1.70. The van der Waals surface area contributed by atoms with E-state index in [2.05, 4.69) is 11.9 Å². The molecule has 2 aromatic carbocycles. The van der Waals surface area contributed by atoms with Gasteiger partial charge in [0.1, 0.15) is 6.61 Å². The topological polar surface area (TPSA) is 59.0 Å². The summed E-state index contributed by atoms with van der Waals surface area (Å²) in [5.74, 6) is 0.251. The molecule has 2 heterocycles. The SMILES string of the molecule is CCc1ccc(C2C(C(=O)OCc3ccccc3)=C(C)N=C3SCCC(=O)N32)cc1. The number of nitrogens with zero attached hydrogens (tertiary/aromatic N) is 2. The molecule has 4 rings (SSSR count). The fraction of sp³-hybridized carbons (Fsp3) is 0.292. The van der Waals surface area contributed by atoms with Gasteiger partial charge in [-0.2, -0.15) is 0 Å². The van der Waals surface area contributed by atoms with E-state index in [4.69, 9.17) is 4.74 Å². The molecular formula is C24H24N2O3S. The highest BCUT2D eigenvalue weighted by Crippen LogP contribution is 2.40. The number of hydrogen-bond donors (Lipinski definition) is 0. The molecule has 0 bridgehead atoms. The van der Waals surface area contributed by atoms with Crippen molar-refractivity contribution in [3.63, 3.8) is 0 Å². The summed E-state index contributed by atoms with van der Waals surface area (Å²) >= 11 is 1.55. The normalized spacial score (nSPS) is 18.7. The molecule has 5 nitrogen and oxygen atoms in total. The molecule has 0 spiro atoms. The van der Waals surface area contributed by atoms with Gasteiger partial charge in [-0.3, -0.25) is 9.69 Å². The molecule has 30 heavy (non-hydrogen) atoms. The molecule has 2 aliphatic rings. The number of aryl methyl sites for hydroxylation is 1. The Hall–Kier alpha value is -2.86. The average molecular weight is 421 g/mol. The first-order chi connectivity index (χ1) is 14.6. The van der Waals surface area contributed by atoms with Crippen LogP contribution in [0.2, 0.25) is 0 Å². The number of thioether (sulfide) groups is 1. The number of aliphatic imine (C=N–C) groups is 1. The van der Waals surface area contributed by atoms with Crippen molar-refractivity contribution in [2.45, 2.75) is 39.3 Å². The van der Waals surface area contributed by atoms with Gasteiger partial charge in [-0.1, -0.05) is 73.3 Å². The van der Waals surface area contributed by atoms with Crippen molar-refractivity contribution in [1.29, 1.82) is 0 Å². The van der Waals surface area contributed by atoms with E-state index in [1.807, 2.05) is 61.5 Å². The number of carbonyl (C=O) groups excluding carboxylic acids is 2. The summed E-state index contributed by atoms with van der Waals surface area (Å²) in [5.41, 5.74) is 4.04. The first kappa shape index (κ1) is 20.4. The van der Waals surface area contributed by atoms with Gasteiger partial charge in [0, 0.05) is 12.2 Å². The summed E-state index contributed by atoms with van der Waals surface area (Å²) < 4.78 is 5.64. The summed E-state index contributed by atoms with van der Waals surface area (Å²) in [5, 5.41) is 0.660. The predicted octanol–water partition coefficient (Wildman–Crippen LogP) is 4.64. The molecule has 1 atom stereocenters. The van der Waals surface area contributed by atoms with Crippen molar-refractivity contribution in [1.82, 2.24) is 4.90 Å². The lowest BCUT2D eigenvalue weighted by molar-refractivity contribution is -0.141. The van der Waals surface area contributed by atoms with Gasteiger partial charge < -0.3 is 4.74 Å². The maximum Gasteiger partial charge on any atom is 0.338 e. The Kier molecular flexibility index (Phi) is 6.04. The molecule has 2 aromatic rings. The molecule has 6 heteroatoms. The number of benzene rings is 2. The molecule has 1 fully saturated rings. The number of hydrogen-bond acceptors (Lipinski definition) is 5. The third kappa shape index (κ3) is 4.05. The second kappa shape index (κ2) is 8.88. The van der Waals surface area contributed by atoms with Crippen molar-refractivity contribution in [3.05, 3.63) is 82.6 Å². The highest BCUT2D eigenvalue weighted by molar-refractivity contribution is 8.14. The van der Waals surface area contributed by atoms with Crippen LogP contribution in [0.15, 0.2) is 70.9 Å². The van der Waals surface area contributed by atoms with Crippen LogP contribution in [0.3, 0.4) is 0 Å². The number of amidine groups is 1. The lowest BCUT2D eigenvalue weighted by atomic mass is 9.93. The van der Waals surface area contributed by atoms with Gasteiger partial charge in [0.25, 0.3) is 0 Å². The molecule has 1 amide bonds. The largest absolute Gasteiger partial charge is 0.457 e.